The van der Waals surface area contributed by atoms with E-state index in [9.17, 15) is 0 Å². The third-order valence-electron chi connectivity index (χ3n) is 2.75. The van der Waals surface area contributed by atoms with Crippen LogP contribution in [0, 0.1) is 6.92 Å². The molecule has 0 amide bonds. The van der Waals surface area contributed by atoms with Crippen molar-refractivity contribution in [2.75, 3.05) is 12.8 Å². The number of benzene rings is 1. The highest BCUT2D eigenvalue weighted by molar-refractivity contribution is 5.52. The Bertz CT molecular complexity index is 532. The molecular weight excluding hydrogens is 230 g/mol. The number of aryl methyl sites for hydroxylation is 2. The Balaban J connectivity index is 2.06. The Kier molecular flexibility index (Phi) is 3.41. The van der Waals surface area contributed by atoms with Gasteiger partial charge in [0, 0.05) is 7.05 Å². The van der Waals surface area contributed by atoms with Crippen LogP contribution >= 0.6 is 0 Å². The van der Waals surface area contributed by atoms with E-state index in [1.807, 2.05) is 38.2 Å². The summed E-state index contributed by atoms with van der Waals surface area (Å²) in [6, 6.07) is 7.71. The maximum absolute atomic E-state index is 5.88. The zero-order valence-corrected chi connectivity index (χ0v) is 10.8. The number of anilines is 1. The molecule has 96 valence electrons. The van der Waals surface area contributed by atoms with E-state index in [0.717, 1.165) is 17.0 Å². The largest absolute Gasteiger partial charge is 0.497 e. The molecule has 18 heavy (non-hydrogen) atoms. The first-order valence-corrected chi connectivity index (χ1v) is 5.66. The number of hydrogen-bond donors (Lipinski definition) is 1. The molecule has 0 aliphatic rings. The third-order valence-corrected chi connectivity index (χ3v) is 2.75. The topological polar surface area (TPSA) is 62.3 Å². The molecule has 0 radical (unpaired) electrons. The van der Waals surface area contributed by atoms with Crippen LogP contribution in [-0.4, -0.2) is 16.9 Å². The molecule has 0 aliphatic heterocycles. The summed E-state index contributed by atoms with van der Waals surface area (Å²) in [6.07, 6.45) is 0. The highest BCUT2D eigenvalue weighted by Crippen LogP contribution is 2.24. The number of nitrogens with zero attached hydrogens (tertiary/aromatic N) is 2. The first-order chi connectivity index (χ1) is 8.61. The van der Waals surface area contributed by atoms with Gasteiger partial charge in [-0.05, 0) is 24.6 Å². The Morgan fingerprint density at radius 1 is 1.28 bits per heavy atom. The predicted octanol–water partition coefficient (Wildman–Crippen LogP) is 1.90. The lowest BCUT2D eigenvalue weighted by Crippen LogP contribution is -2.02. The summed E-state index contributed by atoms with van der Waals surface area (Å²) in [5.41, 5.74) is 8.30. The van der Waals surface area contributed by atoms with Crippen LogP contribution in [0.25, 0.3) is 0 Å². The monoisotopic (exact) mass is 247 g/mol. The molecule has 2 N–H and O–H groups in total. The Morgan fingerprint density at radius 3 is 2.44 bits per heavy atom. The average Bonchev–Trinajstić information content (AvgIpc) is 2.62. The van der Waals surface area contributed by atoms with Gasteiger partial charge in [0.15, 0.2) is 0 Å². The van der Waals surface area contributed by atoms with Crippen LogP contribution in [0.1, 0.15) is 11.3 Å². The lowest BCUT2D eigenvalue weighted by atomic mass is 10.2. The minimum Gasteiger partial charge on any atom is -0.497 e. The summed E-state index contributed by atoms with van der Waals surface area (Å²) in [5.74, 6) is 1.43. The molecule has 2 rings (SSSR count). The van der Waals surface area contributed by atoms with Crippen LogP contribution in [0.15, 0.2) is 24.3 Å². The molecule has 1 aromatic heterocycles. The second-order valence-corrected chi connectivity index (χ2v) is 4.06. The van der Waals surface area contributed by atoms with Gasteiger partial charge in [0.2, 0.25) is 5.88 Å². The van der Waals surface area contributed by atoms with Crippen molar-refractivity contribution < 1.29 is 9.47 Å². The van der Waals surface area contributed by atoms with E-state index in [1.54, 1.807) is 11.8 Å². The summed E-state index contributed by atoms with van der Waals surface area (Å²) in [6.45, 7) is 2.31. The predicted molar refractivity (Wildman–Crippen MR) is 69.7 cm³/mol. The van der Waals surface area contributed by atoms with Gasteiger partial charge in [-0.15, -0.1) is 0 Å². The number of rotatable bonds is 4. The van der Waals surface area contributed by atoms with Crippen molar-refractivity contribution in [1.29, 1.82) is 0 Å². The lowest BCUT2D eigenvalue weighted by molar-refractivity contribution is 0.280. The van der Waals surface area contributed by atoms with Gasteiger partial charge < -0.3 is 15.2 Å². The smallest absolute Gasteiger partial charge is 0.236 e. The van der Waals surface area contributed by atoms with Crippen LogP contribution in [0.5, 0.6) is 11.6 Å². The highest BCUT2D eigenvalue weighted by atomic mass is 16.5. The van der Waals surface area contributed by atoms with Crippen molar-refractivity contribution in [2.45, 2.75) is 13.5 Å². The Hall–Kier alpha value is -2.17. The second kappa shape index (κ2) is 5.00. The van der Waals surface area contributed by atoms with Crippen molar-refractivity contribution in [2.24, 2.45) is 7.05 Å². The van der Waals surface area contributed by atoms with Gasteiger partial charge in [0.1, 0.15) is 18.0 Å². The number of hydrogen-bond acceptors (Lipinski definition) is 4. The molecule has 0 spiro atoms. The molecule has 0 bridgehead atoms. The molecule has 5 nitrogen and oxygen atoms in total. The fourth-order valence-electron chi connectivity index (χ4n) is 1.70. The van der Waals surface area contributed by atoms with Crippen molar-refractivity contribution in [3.63, 3.8) is 0 Å². The molecule has 0 fully saturated rings. The van der Waals surface area contributed by atoms with Gasteiger partial charge in [-0.25, -0.2) is 4.68 Å². The number of aromatic nitrogens is 2. The van der Waals surface area contributed by atoms with Gasteiger partial charge in [-0.3, -0.25) is 0 Å². The molecular formula is C13H17N3O2. The SMILES string of the molecule is COc1ccc(COc2c(N)c(C)nn2C)cc1. The normalized spacial score (nSPS) is 10.4. The van der Waals surface area contributed by atoms with E-state index in [-0.39, 0.29) is 0 Å². The third kappa shape index (κ3) is 2.40. The molecule has 1 heterocycles. The van der Waals surface area contributed by atoms with Crippen LogP contribution in [0.3, 0.4) is 0 Å². The summed E-state index contributed by atoms with van der Waals surface area (Å²) >= 11 is 0. The van der Waals surface area contributed by atoms with Crippen molar-refractivity contribution in [3.05, 3.63) is 35.5 Å². The van der Waals surface area contributed by atoms with Crippen molar-refractivity contribution in [1.82, 2.24) is 9.78 Å². The van der Waals surface area contributed by atoms with Gasteiger partial charge >= 0.3 is 0 Å². The summed E-state index contributed by atoms with van der Waals surface area (Å²) in [5, 5.41) is 4.20. The molecule has 0 aliphatic carbocycles. The average molecular weight is 247 g/mol. The lowest BCUT2D eigenvalue weighted by Gasteiger charge is -2.07. The molecule has 2 aromatic rings. The quantitative estimate of drug-likeness (QED) is 0.896. The number of ether oxygens (including phenoxy) is 2. The number of methoxy groups -OCH3 is 1. The number of nitrogens with two attached hydrogens (primary N) is 1. The van der Waals surface area contributed by atoms with Crippen LogP contribution in [-0.2, 0) is 13.7 Å². The molecule has 5 heteroatoms. The van der Waals surface area contributed by atoms with Crippen molar-refractivity contribution in [3.8, 4) is 11.6 Å². The fourth-order valence-corrected chi connectivity index (χ4v) is 1.70. The Labute approximate surface area is 106 Å². The highest BCUT2D eigenvalue weighted by Gasteiger charge is 2.11. The zero-order valence-electron chi connectivity index (χ0n) is 10.8. The minimum atomic E-state index is 0.452. The van der Waals surface area contributed by atoms with Crippen molar-refractivity contribution >= 4 is 5.69 Å². The Morgan fingerprint density at radius 2 is 1.94 bits per heavy atom. The van der Waals surface area contributed by atoms with E-state index >= 15 is 0 Å². The summed E-state index contributed by atoms with van der Waals surface area (Å²) in [7, 11) is 3.46. The van der Waals surface area contributed by atoms with Crippen LogP contribution in [0.2, 0.25) is 0 Å². The maximum atomic E-state index is 5.88. The standard InChI is InChI=1S/C13H17N3O2/c1-9-12(14)13(16(2)15-9)18-8-10-4-6-11(17-3)7-5-10/h4-7H,8,14H2,1-3H3. The first-order valence-electron chi connectivity index (χ1n) is 5.66. The van der Waals surface area contributed by atoms with Gasteiger partial charge in [-0.1, -0.05) is 12.1 Å². The van der Waals surface area contributed by atoms with E-state index in [2.05, 4.69) is 5.10 Å². The molecule has 0 saturated carbocycles. The van der Waals surface area contributed by atoms with E-state index in [0.29, 0.717) is 18.2 Å². The second-order valence-electron chi connectivity index (χ2n) is 4.06. The zero-order chi connectivity index (χ0) is 13.1. The molecule has 0 unspecified atom stereocenters. The van der Waals surface area contributed by atoms with E-state index in [4.69, 9.17) is 15.2 Å². The molecule has 0 saturated heterocycles. The maximum Gasteiger partial charge on any atom is 0.236 e. The summed E-state index contributed by atoms with van der Waals surface area (Å²) in [4.78, 5) is 0. The van der Waals surface area contributed by atoms with E-state index in [1.165, 1.54) is 0 Å². The van der Waals surface area contributed by atoms with Gasteiger partial charge in [-0.2, -0.15) is 5.10 Å². The van der Waals surface area contributed by atoms with E-state index < -0.39 is 0 Å². The van der Waals surface area contributed by atoms with Gasteiger partial charge in [0.05, 0.1) is 12.8 Å². The minimum absolute atomic E-state index is 0.452. The first kappa shape index (κ1) is 12.3. The summed E-state index contributed by atoms with van der Waals surface area (Å²) < 4.78 is 12.4. The fraction of sp³-hybridized carbons (Fsp3) is 0.308. The van der Waals surface area contributed by atoms with Gasteiger partial charge in [0.25, 0.3) is 0 Å². The number of nitrogen functional groups attached to an aromatic ring is 1. The van der Waals surface area contributed by atoms with Crippen LogP contribution < -0.4 is 15.2 Å². The molecule has 1 aromatic carbocycles. The molecule has 0 atom stereocenters. The van der Waals surface area contributed by atoms with Crippen LogP contribution in [0.4, 0.5) is 5.69 Å².